The van der Waals surface area contributed by atoms with Gasteiger partial charge in [0.15, 0.2) is 0 Å². The van der Waals surface area contributed by atoms with Gasteiger partial charge in [-0.15, -0.1) is 11.6 Å². The van der Waals surface area contributed by atoms with Gasteiger partial charge in [0.1, 0.15) is 0 Å². The lowest BCUT2D eigenvalue weighted by Gasteiger charge is -2.35. The number of hydrogen-bond donors (Lipinski definition) is 0. The van der Waals surface area contributed by atoms with Crippen LogP contribution in [0, 0.1) is 0 Å². The topological polar surface area (TPSA) is 40.6 Å². The number of nitrogens with zero attached hydrogens (tertiary/aromatic N) is 2. The van der Waals surface area contributed by atoms with Gasteiger partial charge in [0, 0.05) is 30.0 Å². The quantitative estimate of drug-likeness (QED) is 0.736. The van der Waals surface area contributed by atoms with Crippen LogP contribution < -0.4 is 0 Å². The first kappa shape index (κ1) is 17.2. The molecule has 0 saturated carbocycles. The zero-order valence-electron chi connectivity index (χ0n) is 12.2. The Morgan fingerprint density at radius 2 is 2.19 bits per heavy atom. The summed E-state index contributed by atoms with van der Waals surface area (Å²) in [6, 6.07) is 5.23. The lowest BCUT2D eigenvalue weighted by molar-refractivity contribution is 0.187. The molecule has 1 aliphatic rings. The highest BCUT2D eigenvalue weighted by Crippen LogP contribution is 2.28. The van der Waals surface area contributed by atoms with E-state index in [1.54, 1.807) is 19.2 Å². The van der Waals surface area contributed by atoms with Gasteiger partial charge in [0.2, 0.25) is 10.0 Å². The predicted octanol–water partition coefficient (Wildman–Crippen LogP) is 2.90. The van der Waals surface area contributed by atoms with Gasteiger partial charge in [0.05, 0.1) is 4.90 Å². The number of likely N-dealkylation sites (tertiary alicyclic amines) is 1. The molecule has 0 bridgehead atoms. The maximum Gasteiger partial charge on any atom is 0.244 e. The van der Waals surface area contributed by atoms with Crippen molar-refractivity contribution in [2.75, 3.05) is 27.2 Å². The molecule has 0 aromatic heterocycles. The molecule has 1 aromatic carbocycles. The third-order valence-corrected chi connectivity index (χ3v) is 7.13. The number of benzene rings is 1. The molecular formula is C14H20BrClN2O2S. The highest BCUT2D eigenvalue weighted by Gasteiger charge is 2.31. The van der Waals surface area contributed by atoms with Crippen LogP contribution in [0.5, 0.6) is 0 Å². The molecule has 21 heavy (non-hydrogen) atoms. The first-order chi connectivity index (χ1) is 9.86. The van der Waals surface area contributed by atoms with Crippen LogP contribution in [-0.2, 0) is 15.9 Å². The minimum absolute atomic E-state index is 0.0142. The van der Waals surface area contributed by atoms with E-state index in [4.69, 9.17) is 11.6 Å². The van der Waals surface area contributed by atoms with Gasteiger partial charge in [-0.05, 0) is 60.1 Å². The summed E-state index contributed by atoms with van der Waals surface area (Å²) in [6.07, 6.45) is 1.91. The highest BCUT2D eigenvalue weighted by molar-refractivity contribution is 9.10. The van der Waals surface area contributed by atoms with Crippen molar-refractivity contribution >= 4 is 37.6 Å². The van der Waals surface area contributed by atoms with Crippen molar-refractivity contribution in [3.05, 3.63) is 28.2 Å². The maximum atomic E-state index is 12.9. The molecule has 1 saturated heterocycles. The fourth-order valence-corrected chi connectivity index (χ4v) is 5.13. The van der Waals surface area contributed by atoms with E-state index in [9.17, 15) is 8.42 Å². The Kier molecular flexibility index (Phi) is 5.71. The molecule has 1 aliphatic heterocycles. The maximum absolute atomic E-state index is 12.9. The second kappa shape index (κ2) is 6.96. The summed E-state index contributed by atoms with van der Waals surface area (Å²) in [5, 5.41) is 0. The zero-order chi connectivity index (χ0) is 15.6. The molecule has 4 nitrogen and oxygen atoms in total. The predicted molar refractivity (Wildman–Crippen MR) is 89.2 cm³/mol. The summed E-state index contributed by atoms with van der Waals surface area (Å²) in [7, 11) is 0.166. The first-order valence-electron chi connectivity index (χ1n) is 6.87. The number of alkyl halides is 1. The number of likely N-dealkylation sites (N-methyl/N-ethyl adjacent to an activating group) is 2. The molecule has 0 amide bonds. The molecule has 1 unspecified atom stereocenters. The summed E-state index contributed by atoms with van der Waals surface area (Å²) in [5.41, 5.74) is 0.799. The lowest BCUT2D eigenvalue weighted by atomic mass is 10.1. The van der Waals surface area contributed by atoms with E-state index in [0.29, 0.717) is 10.4 Å². The molecule has 118 valence electrons. The van der Waals surface area contributed by atoms with Gasteiger partial charge in [0.25, 0.3) is 0 Å². The largest absolute Gasteiger partial charge is 0.305 e. The van der Waals surface area contributed by atoms with Gasteiger partial charge >= 0.3 is 0 Å². The number of halogens is 2. The number of rotatable bonds is 4. The van der Waals surface area contributed by atoms with Gasteiger partial charge in [-0.25, -0.2) is 8.42 Å². The van der Waals surface area contributed by atoms with E-state index in [2.05, 4.69) is 20.8 Å². The van der Waals surface area contributed by atoms with Gasteiger partial charge in [-0.3, -0.25) is 0 Å². The third-order valence-electron chi connectivity index (χ3n) is 3.92. The van der Waals surface area contributed by atoms with E-state index in [-0.39, 0.29) is 10.9 Å². The average Bonchev–Trinajstić information content (AvgIpc) is 2.46. The van der Waals surface area contributed by atoms with Crippen molar-refractivity contribution in [2.24, 2.45) is 0 Å². The van der Waals surface area contributed by atoms with Gasteiger partial charge in [-0.1, -0.05) is 6.07 Å². The smallest absolute Gasteiger partial charge is 0.244 e. The van der Waals surface area contributed by atoms with Crippen molar-refractivity contribution < 1.29 is 8.42 Å². The van der Waals surface area contributed by atoms with Crippen molar-refractivity contribution in [3.63, 3.8) is 0 Å². The van der Waals surface area contributed by atoms with Crippen molar-refractivity contribution in [3.8, 4) is 0 Å². The van der Waals surface area contributed by atoms with Crippen molar-refractivity contribution in [1.29, 1.82) is 0 Å². The fourth-order valence-electron chi connectivity index (χ4n) is 2.62. The normalized spacial score (nSPS) is 20.9. The summed E-state index contributed by atoms with van der Waals surface area (Å²) in [6.45, 7) is 1.79. The van der Waals surface area contributed by atoms with Crippen LogP contribution in [0.4, 0.5) is 0 Å². The van der Waals surface area contributed by atoms with Crippen LogP contribution in [0.2, 0.25) is 0 Å². The first-order valence-corrected chi connectivity index (χ1v) is 9.64. The van der Waals surface area contributed by atoms with E-state index < -0.39 is 10.0 Å². The summed E-state index contributed by atoms with van der Waals surface area (Å²) < 4.78 is 27.8. The molecular weight excluding hydrogens is 376 g/mol. The van der Waals surface area contributed by atoms with E-state index in [0.717, 1.165) is 31.5 Å². The minimum atomic E-state index is -3.52. The molecule has 1 atom stereocenters. The zero-order valence-corrected chi connectivity index (χ0v) is 15.4. The van der Waals surface area contributed by atoms with Gasteiger partial charge in [-0.2, -0.15) is 4.31 Å². The molecule has 0 radical (unpaired) electrons. The van der Waals surface area contributed by atoms with Gasteiger partial charge < -0.3 is 4.90 Å². The van der Waals surface area contributed by atoms with Crippen molar-refractivity contribution in [2.45, 2.75) is 29.7 Å². The molecule has 1 heterocycles. The standard InChI is InChI=1S/C14H20BrClN2O2S/c1-17-7-3-4-12(10-17)18(2)21(19,20)14-8-11(9-16)5-6-13(14)15/h5-6,8,12H,3-4,7,9-10H2,1-2H3. The van der Waals surface area contributed by atoms with Crippen LogP contribution in [0.3, 0.4) is 0 Å². The molecule has 0 aliphatic carbocycles. The average molecular weight is 396 g/mol. The summed E-state index contributed by atoms with van der Waals surface area (Å²) in [4.78, 5) is 2.46. The summed E-state index contributed by atoms with van der Waals surface area (Å²) in [5.74, 6) is 0.297. The van der Waals surface area contributed by atoms with E-state index in [1.807, 2.05) is 13.1 Å². The highest BCUT2D eigenvalue weighted by atomic mass is 79.9. The Labute approximate surface area is 140 Å². The molecule has 2 rings (SSSR count). The van der Waals surface area contributed by atoms with E-state index in [1.165, 1.54) is 4.31 Å². The van der Waals surface area contributed by atoms with Crippen LogP contribution in [0.1, 0.15) is 18.4 Å². The molecule has 1 aromatic rings. The second-order valence-electron chi connectivity index (χ2n) is 5.48. The van der Waals surface area contributed by atoms with Crippen LogP contribution >= 0.6 is 27.5 Å². The summed E-state index contributed by atoms with van der Waals surface area (Å²) >= 11 is 9.16. The number of piperidine rings is 1. The monoisotopic (exact) mass is 394 g/mol. The SMILES string of the molecule is CN1CCCC(N(C)S(=O)(=O)c2cc(CCl)ccc2Br)C1. The lowest BCUT2D eigenvalue weighted by Crippen LogP contribution is -2.47. The Bertz CT molecular complexity index is 609. The van der Waals surface area contributed by atoms with Crippen molar-refractivity contribution in [1.82, 2.24) is 9.21 Å². The molecule has 0 spiro atoms. The Morgan fingerprint density at radius 3 is 2.81 bits per heavy atom. The Morgan fingerprint density at radius 1 is 1.48 bits per heavy atom. The Balaban J connectivity index is 2.32. The minimum Gasteiger partial charge on any atom is -0.305 e. The Hall–Kier alpha value is -0.140. The second-order valence-corrected chi connectivity index (χ2v) is 8.57. The molecule has 0 N–H and O–H groups in total. The molecule has 1 fully saturated rings. The third kappa shape index (κ3) is 3.79. The number of sulfonamides is 1. The van der Waals surface area contributed by atoms with Crippen LogP contribution in [0.25, 0.3) is 0 Å². The molecule has 7 heteroatoms. The van der Waals surface area contributed by atoms with E-state index >= 15 is 0 Å². The fraction of sp³-hybridized carbons (Fsp3) is 0.571. The van der Waals surface area contributed by atoms with Crippen LogP contribution in [-0.4, -0.2) is 50.8 Å². The van der Waals surface area contributed by atoms with Crippen LogP contribution in [0.15, 0.2) is 27.6 Å². The number of hydrogen-bond acceptors (Lipinski definition) is 3.